The average molecular weight is 392 g/mol. The summed E-state index contributed by atoms with van der Waals surface area (Å²) in [6.07, 6.45) is 3.21. The van der Waals surface area contributed by atoms with Gasteiger partial charge in [-0.3, -0.25) is 14.5 Å². The van der Waals surface area contributed by atoms with Crippen LogP contribution in [0.15, 0.2) is 54.6 Å². The first kappa shape index (κ1) is 19.6. The van der Waals surface area contributed by atoms with Crippen LogP contribution in [0.2, 0.25) is 0 Å². The molecule has 152 valence electrons. The molecule has 29 heavy (non-hydrogen) atoms. The molecule has 0 aromatic heterocycles. The van der Waals surface area contributed by atoms with Gasteiger partial charge in [0.1, 0.15) is 11.9 Å². The first-order valence-electron chi connectivity index (χ1n) is 10.5. The number of benzene rings is 2. The molecule has 0 bridgehead atoms. The van der Waals surface area contributed by atoms with E-state index in [-0.39, 0.29) is 17.8 Å². The Labute approximate surface area is 172 Å². The van der Waals surface area contributed by atoms with Crippen LogP contribution in [0, 0.1) is 0 Å². The van der Waals surface area contributed by atoms with Gasteiger partial charge in [0, 0.05) is 36.8 Å². The summed E-state index contributed by atoms with van der Waals surface area (Å²) in [5.41, 5.74) is 1.34. The minimum absolute atomic E-state index is 0.0128. The maximum Gasteiger partial charge on any atom is 0.236 e. The lowest BCUT2D eigenvalue weighted by Crippen LogP contribution is -2.41. The van der Waals surface area contributed by atoms with Crippen molar-refractivity contribution in [1.82, 2.24) is 9.80 Å². The van der Waals surface area contributed by atoms with E-state index >= 15 is 0 Å². The van der Waals surface area contributed by atoms with Gasteiger partial charge in [0.05, 0.1) is 6.54 Å². The van der Waals surface area contributed by atoms with Crippen molar-refractivity contribution >= 4 is 11.7 Å². The number of hydrogen-bond donors (Lipinski definition) is 0. The topological polar surface area (TPSA) is 49.9 Å². The van der Waals surface area contributed by atoms with E-state index in [0.29, 0.717) is 23.7 Å². The van der Waals surface area contributed by atoms with E-state index in [1.807, 2.05) is 59.5 Å². The van der Waals surface area contributed by atoms with Crippen LogP contribution >= 0.6 is 0 Å². The molecule has 0 spiro atoms. The zero-order chi connectivity index (χ0) is 20.2. The first-order chi connectivity index (χ1) is 14.1. The highest BCUT2D eigenvalue weighted by Crippen LogP contribution is 2.21. The van der Waals surface area contributed by atoms with Gasteiger partial charge in [-0.1, -0.05) is 30.3 Å². The van der Waals surface area contributed by atoms with Gasteiger partial charge in [-0.05, 0) is 50.5 Å². The van der Waals surface area contributed by atoms with Crippen molar-refractivity contribution in [2.24, 2.45) is 0 Å². The minimum atomic E-state index is 0.0128. The molecule has 0 radical (unpaired) electrons. The SMILES string of the molecule is C[C@@H]1CCCN1C(=O)CN1CC[C@H](Oc2ccc(C(=O)c3ccccc3)cc2)C1. The maximum absolute atomic E-state index is 12.5. The Morgan fingerprint density at radius 2 is 1.69 bits per heavy atom. The van der Waals surface area contributed by atoms with Crippen LogP contribution in [0.4, 0.5) is 0 Å². The van der Waals surface area contributed by atoms with Gasteiger partial charge in [-0.2, -0.15) is 0 Å². The number of likely N-dealkylation sites (tertiary alicyclic amines) is 2. The summed E-state index contributed by atoms with van der Waals surface area (Å²) in [7, 11) is 0. The van der Waals surface area contributed by atoms with Gasteiger partial charge in [-0.25, -0.2) is 0 Å². The zero-order valence-electron chi connectivity index (χ0n) is 16.9. The highest BCUT2D eigenvalue weighted by atomic mass is 16.5. The average Bonchev–Trinajstić information content (AvgIpc) is 3.37. The second-order valence-electron chi connectivity index (χ2n) is 8.06. The molecule has 1 amide bonds. The molecule has 0 N–H and O–H groups in total. The van der Waals surface area contributed by atoms with E-state index in [4.69, 9.17) is 4.74 Å². The number of nitrogens with zero attached hydrogens (tertiary/aromatic N) is 2. The molecule has 2 aliphatic heterocycles. The summed E-state index contributed by atoms with van der Waals surface area (Å²) in [5.74, 6) is 1.01. The fourth-order valence-electron chi connectivity index (χ4n) is 4.26. The van der Waals surface area contributed by atoms with Gasteiger partial charge in [0.25, 0.3) is 0 Å². The monoisotopic (exact) mass is 392 g/mol. The third-order valence-corrected chi connectivity index (χ3v) is 5.92. The number of carbonyl (C=O) groups excluding carboxylic acids is 2. The fourth-order valence-corrected chi connectivity index (χ4v) is 4.26. The summed E-state index contributed by atoms with van der Waals surface area (Å²) >= 11 is 0. The third-order valence-electron chi connectivity index (χ3n) is 5.92. The van der Waals surface area contributed by atoms with Crippen molar-refractivity contribution in [1.29, 1.82) is 0 Å². The Hall–Kier alpha value is -2.66. The molecule has 2 fully saturated rings. The Kier molecular flexibility index (Phi) is 5.95. The van der Waals surface area contributed by atoms with Crippen LogP contribution in [0.5, 0.6) is 5.75 Å². The lowest BCUT2D eigenvalue weighted by molar-refractivity contribution is -0.132. The van der Waals surface area contributed by atoms with Crippen LogP contribution < -0.4 is 4.74 Å². The number of rotatable bonds is 6. The van der Waals surface area contributed by atoms with Crippen molar-refractivity contribution in [3.05, 3.63) is 65.7 Å². The Balaban J connectivity index is 1.29. The smallest absolute Gasteiger partial charge is 0.236 e. The summed E-state index contributed by atoms with van der Waals surface area (Å²) in [6, 6.07) is 17.0. The van der Waals surface area contributed by atoms with E-state index in [9.17, 15) is 9.59 Å². The van der Waals surface area contributed by atoms with Gasteiger partial charge < -0.3 is 9.64 Å². The largest absolute Gasteiger partial charge is 0.489 e. The van der Waals surface area contributed by atoms with Gasteiger partial charge in [-0.15, -0.1) is 0 Å². The van der Waals surface area contributed by atoms with Gasteiger partial charge >= 0.3 is 0 Å². The number of ether oxygens (including phenoxy) is 1. The molecule has 5 nitrogen and oxygen atoms in total. The van der Waals surface area contributed by atoms with E-state index < -0.39 is 0 Å². The summed E-state index contributed by atoms with van der Waals surface area (Å²) in [5, 5.41) is 0. The quantitative estimate of drug-likeness (QED) is 0.707. The molecule has 0 unspecified atom stereocenters. The number of amides is 1. The standard InChI is InChI=1S/C24H28N2O3/c1-18-6-5-14-26(18)23(27)17-25-15-13-22(16-25)29-21-11-9-20(10-12-21)24(28)19-7-3-2-4-8-19/h2-4,7-12,18,22H,5-6,13-17H2,1H3/t18-,22+/m1/s1. The molecular weight excluding hydrogens is 364 g/mol. The third kappa shape index (κ3) is 4.67. The lowest BCUT2D eigenvalue weighted by atomic mass is 10.0. The first-order valence-corrected chi connectivity index (χ1v) is 10.5. The fraction of sp³-hybridized carbons (Fsp3) is 0.417. The van der Waals surface area contributed by atoms with Crippen LogP contribution in [0.1, 0.15) is 42.1 Å². The Bertz CT molecular complexity index is 850. The Morgan fingerprint density at radius 3 is 2.38 bits per heavy atom. The molecule has 2 atom stereocenters. The Morgan fingerprint density at radius 1 is 0.966 bits per heavy atom. The molecule has 2 aromatic rings. The summed E-state index contributed by atoms with van der Waals surface area (Å²) < 4.78 is 6.10. The molecule has 2 heterocycles. The molecule has 2 aliphatic rings. The van der Waals surface area contributed by atoms with E-state index in [1.54, 1.807) is 0 Å². The van der Waals surface area contributed by atoms with Crippen LogP contribution in [-0.2, 0) is 4.79 Å². The van der Waals surface area contributed by atoms with Crippen molar-refractivity contribution in [2.45, 2.75) is 38.3 Å². The summed E-state index contributed by atoms with van der Waals surface area (Å²) in [6.45, 7) is 5.14. The highest BCUT2D eigenvalue weighted by molar-refractivity contribution is 6.08. The van der Waals surface area contributed by atoms with Crippen molar-refractivity contribution in [2.75, 3.05) is 26.2 Å². The van der Waals surface area contributed by atoms with Crippen molar-refractivity contribution in [3.63, 3.8) is 0 Å². The molecule has 2 saturated heterocycles. The van der Waals surface area contributed by atoms with Crippen LogP contribution in [0.3, 0.4) is 0 Å². The molecule has 4 rings (SSSR count). The zero-order valence-corrected chi connectivity index (χ0v) is 16.9. The van der Waals surface area contributed by atoms with E-state index in [1.165, 1.54) is 0 Å². The maximum atomic E-state index is 12.5. The number of ketones is 1. The lowest BCUT2D eigenvalue weighted by Gasteiger charge is -2.24. The normalized spacial score (nSPS) is 22.0. The van der Waals surface area contributed by atoms with Crippen molar-refractivity contribution < 1.29 is 14.3 Å². The molecule has 0 aliphatic carbocycles. The highest BCUT2D eigenvalue weighted by Gasteiger charge is 2.30. The molecular formula is C24H28N2O3. The van der Waals surface area contributed by atoms with Crippen LogP contribution in [-0.4, -0.2) is 59.8 Å². The van der Waals surface area contributed by atoms with Crippen molar-refractivity contribution in [3.8, 4) is 5.75 Å². The van der Waals surface area contributed by atoms with Gasteiger partial charge in [0.15, 0.2) is 5.78 Å². The van der Waals surface area contributed by atoms with Crippen LogP contribution in [0.25, 0.3) is 0 Å². The second-order valence-corrected chi connectivity index (χ2v) is 8.06. The predicted molar refractivity (Wildman–Crippen MR) is 112 cm³/mol. The van der Waals surface area contributed by atoms with E-state index in [0.717, 1.165) is 44.6 Å². The summed E-state index contributed by atoms with van der Waals surface area (Å²) in [4.78, 5) is 29.2. The van der Waals surface area contributed by atoms with Gasteiger partial charge in [0.2, 0.25) is 5.91 Å². The van der Waals surface area contributed by atoms with E-state index in [2.05, 4.69) is 11.8 Å². The second kappa shape index (κ2) is 8.78. The molecule has 5 heteroatoms. The minimum Gasteiger partial charge on any atom is -0.489 e. The molecule has 2 aromatic carbocycles. The number of hydrogen-bond acceptors (Lipinski definition) is 4. The molecule has 0 saturated carbocycles. The number of carbonyl (C=O) groups is 2. The predicted octanol–water partition coefficient (Wildman–Crippen LogP) is 3.38.